The summed E-state index contributed by atoms with van der Waals surface area (Å²) in [5.41, 5.74) is 2.64. The molecule has 0 amide bonds. The topological polar surface area (TPSA) is 28.7 Å². The standard InChI is InChI=1S/C10H10N2.2ClH/c1-2-8(7-4-5-7)9-6-11-12-10(9)3-1;;/h1-3,6-7H,4-5H2,(H,11,12);2*1H. The largest absolute Gasteiger partial charge is 0.278 e. The first-order valence-electron chi connectivity index (χ1n) is 4.37. The lowest BCUT2D eigenvalue weighted by atomic mass is 10.1. The number of hydrogen-bond donors (Lipinski definition) is 1. The summed E-state index contributed by atoms with van der Waals surface area (Å²) in [6, 6.07) is 6.40. The van der Waals surface area contributed by atoms with Gasteiger partial charge in [0.25, 0.3) is 0 Å². The van der Waals surface area contributed by atoms with E-state index in [4.69, 9.17) is 0 Å². The predicted octanol–water partition coefficient (Wildman–Crippen LogP) is 3.28. The fourth-order valence-electron chi connectivity index (χ4n) is 1.74. The van der Waals surface area contributed by atoms with E-state index in [1.54, 1.807) is 0 Å². The Hall–Kier alpha value is -0.730. The maximum absolute atomic E-state index is 4.05. The smallest absolute Gasteiger partial charge is 0.0653 e. The molecule has 1 N–H and O–H groups in total. The third-order valence-electron chi connectivity index (χ3n) is 2.54. The Kier molecular flexibility index (Phi) is 3.40. The first-order valence-corrected chi connectivity index (χ1v) is 4.37. The molecule has 0 bridgehead atoms. The van der Waals surface area contributed by atoms with Gasteiger partial charge in [-0.2, -0.15) is 5.10 Å². The van der Waals surface area contributed by atoms with Crippen LogP contribution in [0.4, 0.5) is 0 Å². The third kappa shape index (κ3) is 1.72. The molecule has 1 heterocycles. The maximum atomic E-state index is 4.05. The van der Waals surface area contributed by atoms with Gasteiger partial charge in [0.1, 0.15) is 0 Å². The van der Waals surface area contributed by atoms with Crippen molar-refractivity contribution in [2.75, 3.05) is 0 Å². The summed E-state index contributed by atoms with van der Waals surface area (Å²) in [5.74, 6) is 0.811. The average molecular weight is 231 g/mol. The van der Waals surface area contributed by atoms with E-state index < -0.39 is 0 Å². The van der Waals surface area contributed by atoms with Gasteiger partial charge in [-0.3, -0.25) is 5.10 Å². The van der Waals surface area contributed by atoms with Crippen LogP contribution in [0.2, 0.25) is 0 Å². The van der Waals surface area contributed by atoms with E-state index in [1.165, 1.54) is 29.3 Å². The molecule has 1 aromatic heterocycles. The van der Waals surface area contributed by atoms with Crippen LogP contribution < -0.4 is 0 Å². The zero-order valence-electron chi connectivity index (χ0n) is 7.56. The van der Waals surface area contributed by atoms with Crippen LogP contribution >= 0.6 is 24.8 Å². The van der Waals surface area contributed by atoms with E-state index in [9.17, 15) is 0 Å². The highest BCUT2D eigenvalue weighted by Crippen LogP contribution is 2.42. The van der Waals surface area contributed by atoms with Crippen LogP contribution in [0, 0.1) is 0 Å². The third-order valence-corrected chi connectivity index (χ3v) is 2.54. The van der Waals surface area contributed by atoms with Crippen LogP contribution in [0.3, 0.4) is 0 Å². The van der Waals surface area contributed by atoms with Crippen molar-refractivity contribution in [2.24, 2.45) is 0 Å². The number of benzene rings is 1. The lowest BCUT2D eigenvalue weighted by molar-refractivity contribution is 1.12. The molecule has 1 aliphatic rings. The van der Waals surface area contributed by atoms with E-state index in [1.807, 2.05) is 6.20 Å². The minimum absolute atomic E-state index is 0. The minimum Gasteiger partial charge on any atom is -0.278 e. The number of rotatable bonds is 1. The van der Waals surface area contributed by atoms with Gasteiger partial charge in [0, 0.05) is 5.39 Å². The van der Waals surface area contributed by atoms with Gasteiger partial charge in [-0.25, -0.2) is 0 Å². The molecule has 2 aromatic rings. The van der Waals surface area contributed by atoms with Crippen LogP contribution in [0.1, 0.15) is 24.3 Å². The number of aromatic amines is 1. The Balaban J connectivity index is 0.000000490. The predicted molar refractivity (Wildman–Crippen MR) is 62.6 cm³/mol. The van der Waals surface area contributed by atoms with Gasteiger partial charge in [0.15, 0.2) is 0 Å². The SMILES string of the molecule is Cl.Cl.c1cc(C2CC2)c2cn[nH]c2c1. The van der Waals surface area contributed by atoms with Gasteiger partial charge >= 0.3 is 0 Å². The zero-order chi connectivity index (χ0) is 7.97. The van der Waals surface area contributed by atoms with Crippen molar-refractivity contribution in [3.63, 3.8) is 0 Å². The molecule has 1 fully saturated rings. The average Bonchev–Trinajstić information content (AvgIpc) is 2.82. The van der Waals surface area contributed by atoms with E-state index >= 15 is 0 Å². The highest BCUT2D eigenvalue weighted by atomic mass is 35.5. The van der Waals surface area contributed by atoms with Crippen LogP contribution in [0.5, 0.6) is 0 Å². The summed E-state index contributed by atoms with van der Waals surface area (Å²) >= 11 is 0. The molecule has 0 spiro atoms. The number of aromatic nitrogens is 2. The van der Waals surface area contributed by atoms with Crippen molar-refractivity contribution in [3.05, 3.63) is 30.0 Å². The number of hydrogen-bond acceptors (Lipinski definition) is 1. The second-order valence-corrected chi connectivity index (χ2v) is 3.45. The Bertz CT molecular complexity index is 421. The molecular formula is C10H12Cl2N2. The molecule has 1 aromatic carbocycles. The number of H-pyrrole nitrogens is 1. The summed E-state index contributed by atoms with van der Waals surface area (Å²) < 4.78 is 0. The van der Waals surface area contributed by atoms with E-state index in [0.29, 0.717) is 0 Å². The van der Waals surface area contributed by atoms with Gasteiger partial charge in [-0.1, -0.05) is 12.1 Å². The molecule has 0 unspecified atom stereocenters. The fraction of sp³-hybridized carbons (Fsp3) is 0.300. The highest BCUT2D eigenvalue weighted by molar-refractivity contribution is 5.85. The summed E-state index contributed by atoms with van der Waals surface area (Å²) in [4.78, 5) is 0. The van der Waals surface area contributed by atoms with Crippen LogP contribution in [0.25, 0.3) is 10.9 Å². The van der Waals surface area contributed by atoms with E-state index in [2.05, 4.69) is 28.4 Å². The fourth-order valence-corrected chi connectivity index (χ4v) is 1.74. The maximum Gasteiger partial charge on any atom is 0.0653 e. The van der Waals surface area contributed by atoms with Gasteiger partial charge in [-0.15, -0.1) is 24.8 Å². The highest BCUT2D eigenvalue weighted by Gasteiger charge is 2.25. The quantitative estimate of drug-likeness (QED) is 0.801. The number of halogens is 2. The molecule has 0 radical (unpaired) electrons. The number of nitrogens with one attached hydrogen (secondary N) is 1. The molecule has 76 valence electrons. The first kappa shape index (κ1) is 11.3. The molecule has 0 saturated heterocycles. The molecule has 4 heteroatoms. The Morgan fingerprint density at radius 2 is 2.00 bits per heavy atom. The molecule has 3 rings (SSSR count). The van der Waals surface area contributed by atoms with Crippen LogP contribution in [-0.4, -0.2) is 10.2 Å². The molecule has 2 nitrogen and oxygen atoms in total. The summed E-state index contributed by atoms with van der Waals surface area (Å²) in [6.45, 7) is 0. The van der Waals surface area contributed by atoms with Crippen molar-refractivity contribution >= 4 is 35.7 Å². The van der Waals surface area contributed by atoms with Crippen LogP contribution in [0.15, 0.2) is 24.4 Å². The van der Waals surface area contributed by atoms with Crippen LogP contribution in [-0.2, 0) is 0 Å². The van der Waals surface area contributed by atoms with Gasteiger partial charge < -0.3 is 0 Å². The summed E-state index contributed by atoms with van der Waals surface area (Å²) in [7, 11) is 0. The Morgan fingerprint density at radius 3 is 2.71 bits per heavy atom. The first-order chi connectivity index (χ1) is 5.95. The van der Waals surface area contributed by atoms with Gasteiger partial charge in [-0.05, 0) is 30.4 Å². The lowest BCUT2D eigenvalue weighted by Crippen LogP contribution is -1.78. The van der Waals surface area contributed by atoms with Crippen molar-refractivity contribution < 1.29 is 0 Å². The monoisotopic (exact) mass is 230 g/mol. The lowest BCUT2D eigenvalue weighted by Gasteiger charge is -1.97. The molecule has 0 aliphatic heterocycles. The van der Waals surface area contributed by atoms with E-state index in [-0.39, 0.29) is 24.8 Å². The van der Waals surface area contributed by atoms with Gasteiger partial charge in [0.2, 0.25) is 0 Å². The normalized spacial score (nSPS) is 14.6. The Labute approximate surface area is 94.9 Å². The molecule has 1 saturated carbocycles. The summed E-state index contributed by atoms with van der Waals surface area (Å²) in [5, 5.41) is 8.35. The van der Waals surface area contributed by atoms with E-state index in [0.717, 1.165) is 5.92 Å². The number of fused-ring (bicyclic) bond motifs is 1. The molecule has 14 heavy (non-hydrogen) atoms. The number of nitrogens with zero attached hydrogens (tertiary/aromatic N) is 1. The zero-order valence-corrected chi connectivity index (χ0v) is 9.20. The molecular weight excluding hydrogens is 219 g/mol. The van der Waals surface area contributed by atoms with Gasteiger partial charge in [0.05, 0.1) is 11.7 Å². The second-order valence-electron chi connectivity index (χ2n) is 3.45. The van der Waals surface area contributed by atoms with Crippen molar-refractivity contribution in [1.29, 1.82) is 0 Å². The second kappa shape index (κ2) is 4.20. The Morgan fingerprint density at radius 1 is 1.21 bits per heavy atom. The molecule has 1 aliphatic carbocycles. The minimum atomic E-state index is 0. The van der Waals surface area contributed by atoms with Crippen molar-refractivity contribution in [2.45, 2.75) is 18.8 Å². The molecule has 0 atom stereocenters. The van der Waals surface area contributed by atoms with Crippen molar-refractivity contribution in [3.8, 4) is 0 Å². The van der Waals surface area contributed by atoms with Crippen molar-refractivity contribution in [1.82, 2.24) is 10.2 Å². The summed E-state index contributed by atoms with van der Waals surface area (Å²) in [6.07, 6.45) is 4.64.